The number of hydrogen-bond acceptors (Lipinski definition) is 4. The van der Waals surface area contributed by atoms with Crippen LogP contribution in [-0.2, 0) is 16.4 Å². The van der Waals surface area contributed by atoms with E-state index in [1.807, 2.05) is 0 Å². The number of imidazole rings is 1. The fraction of sp³-hybridized carbons (Fsp3) is 0.231. The summed E-state index contributed by atoms with van der Waals surface area (Å²) in [6, 6.07) is 5.97. The maximum Gasteiger partial charge on any atom is 0.240 e. The first-order valence-corrected chi connectivity index (χ1v) is 7.56. The molecule has 1 aromatic heterocycles. The van der Waals surface area contributed by atoms with Crippen LogP contribution in [0.5, 0.6) is 0 Å². The minimum Gasteiger partial charge on any atom is -0.349 e. The lowest BCUT2D eigenvalue weighted by Crippen LogP contribution is -2.26. The highest BCUT2D eigenvalue weighted by molar-refractivity contribution is 7.89. The van der Waals surface area contributed by atoms with Crippen molar-refractivity contribution in [1.82, 2.24) is 14.7 Å². The van der Waals surface area contributed by atoms with Crippen LogP contribution in [0.1, 0.15) is 23.1 Å². The van der Waals surface area contributed by atoms with E-state index in [0.717, 1.165) is 0 Å². The maximum atomic E-state index is 12.1. The van der Waals surface area contributed by atoms with Gasteiger partial charge in [0.15, 0.2) is 5.78 Å². The first kappa shape index (κ1) is 14.4. The Hall–Kier alpha value is -1.99. The van der Waals surface area contributed by atoms with Crippen LogP contribution in [0.25, 0.3) is 0 Å². The van der Waals surface area contributed by atoms with Crippen LogP contribution < -0.4 is 4.72 Å². The molecule has 0 saturated heterocycles. The summed E-state index contributed by atoms with van der Waals surface area (Å²) >= 11 is 0. The molecular weight excluding hydrogens is 278 g/mol. The number of ketones is 1. The predicted molar refractivity (Wildman–Crippen MR) is 73.9 cm³/mol. The zero-order valence-electron chi connectivity index (χ0n) is 11.0. The number of rotatable bonds is 6. The van der Waals surface area contributed by atoms with Crippen LogP contribution in [0.2, 0.25) is 0 Å². The van der Waals surface area contributed by atoms with Gasteiger partial charge in [-0.2, -0.15) is 0 Å². The van der Waals surface area contributed by atoms with Gasteiger partial charge in [0.05, 0.1) is 4.90 Å². The molecule has 0 amide bonds. The number of aromatic nitrogens is 2. The van der Waals surface area contributed by atoms with Crippen molar-refractivity contribution in [1.29, 1.82) is 0 Å². The van der Waals surface area contributed by atoms with Gasteiger partial charge in [0.25, 0.3) is 0 Å². The lowest BCUT2D eigenvalue weighted by Gasteiger charge is -2.07. The first-order chi connectivity index (χ1) is 9.49. The molecule has 106 valence electrons. The number of aromatic amines is 1. The number of nitrogens with zero attached hydrogens (tertiary/aromatic N) is 1. The van der Waals surface area contributed by atoms with Gasteiger partial charge >= 0.3 is 0 Å². The van der Waals surface area contributed by atoms with Crippen molar-refractivity contribution in [2.75, 3.05) is 6.54 Å². The van der Waals surface area contributed by atoms with Crippen LogP contribution in [0.4, 0.5) is 0 Å². The van der Waals surface area contributed by atoms with Crippen LogP contribution in [0.15, 0.2) is 41.6 Å². The van der Waals surface area contributed by atoms with E-state index in [1.54, 1.807) is 24.5 Å². The molecule has 6 nitrogen and oxygen atoms in total. The molecule has 2 rings (SSSR count). The summed E-state index contributed by atoms with van der Waals surface area (Å²) in [5.74, 6) is 0.544. The Morgan fingerprint density at radius 2 is 2.20 bits per heavy atom. The molecule has 0 unspecified atom stereocenters. The molecule has 1 aromatic carbocycles. The zero-order chi connectivity index (χ0) is 14.6. The summed E-state index contributed by atoms with van der Waals surface area (Å²) in [7, 11) is -3.61. The fourth-order valence-electron chi connectivity index (χ4n) is 1.70. The van der Waals surface area contributed by atoms with Gasteiger partial charge in [-0.25, -0.2) is 18.1 Å². The molecule has 0 radical (unpaired) electrons. The second kappa shape index (κ2) is 5.98. The predicted octanol–water partition coefficient (Wildman–Crippen LogP) is 1.13. The second-order valence-corrected chi connectivity index (χ2v) is 6.03. The van der Waals surface area contributed by atoms with E-state index in [0.29, 0.717) is 17.8 Å². The monoisotopic (exact) mass is 293 g/mol. The number of sulfonamides is 1. The summed E-state index contributed by atoms with van der Waals surface area (Å²) in [6.45, 7) is 1.64. The van der Waals surface area contributed by atoms with Crippen molar-refractivity contribution in [3.05, 3.63) is 48.0 Å². The number of benzene rings is 1. The summed E-state index contributed by atoms with van der Waals surface area (Å²) in [4.78, 5) is 18.3. The average Bonchev–Trinajstić information content (AvgIpc) is 2.92. The standard InChI is InChI=1S/C13H15N3O3S/c1-10(17)11-3-2-4-12(9-11)20(18,19)16-6-5-13-14-7-8-15-13/h2-4,7-9,16H,5-6H2,1H3,(H,14,15). The van der Waals surface area contributed by atoms with Gasteiger partial charge in [-0.05, 0) is 19.1 Å². The van der Waals surface area contributed by atoms with E-state index < -0.39 is 10.0 Å². The molecule has 2 aromatic rings. The molecule has 0 atom stereocenters. The van der Waals surface area contributed by atoms with Crippen LogP contribution in [0.3, 0.4) is 0 Å². The number of H-pyrrole nitrogens is 1. The largest absolute Gasteiger partial charge is 0.349 e. The quantitative estimate of drug-likeness (QED) is 0.781. The lowest BCUT2D eigenvalue weighted by molar-refractivity contribution is 0.101. The van der Waals surface area contributed by atoms with Gasteiger partial charge in [-0.15, -0.1) is 0 Å². The molecule has 0 aliphatic carbocycles. The van der Waals surface area contributed by atoms with Gasteiger partial charge in [0, 0.05) is 30.9 Å². The molecule has 0 spiro atoms. The maximum absolute atomic E-state index is 12.1. The SMILES string of the molecule is CC(=O)c1cccc(S(=O)(=O)NCCc2ncc[nH]2)c1. The number of Topliss-reactive ketones (excluding diaryl/α,β-unsaturated/α-hetero) is 1. The van der Waals surface area contributed by atoms with E-state index in [-0.39, 0.29) is 17.2 Å². The highest BCUT2D eigenvalue weighted by Crippen LogP contribution is 2.11. The summed E-state index contributed by atoms with van der Waals surface area (Å²) in [5.41, 5.74) is 0.374. The summed E-state index contributed by atoms with van der Waals surface area (Å²) in [6.07, 6.45) is 3.76. The van der Waals surface area contributed by atoms with E-state index in [9.17, 15) is 13.2 Å². The fourth-order valence-corrected chi connectivity index (χ4v) is 2.78. The summed E-state index contributed by atoms with van der Waals surface area (Å²) in [5, 5.41) is 0. The molecule has 1 heterocycles. The topological polar surface area (TPSA) is 91.9 Å². The van der Waals surface area contributed by atoms with Crippen molar-refractivity contribution in [3.8, 4) is 0 Å². The first-order valence-electron chi connectivity index (χ1n) is 6.08. The molecule has 2 N–H and O–H groups in total. The van der Waals surface area contributed by atoms with Gasteiger partial charge in [-0.1, -0.05) is 12.1 Å². The Bertz CT molecular complexity index is 693. The van der Waals surface area contributed by atoms with E-state index >= 15 is 0 Å². The molecular formula is C13H15N3O3S. The normalized spacial score (nSPS) is 11.4. The smallest absolute Gasteiger partial charge is 0.240 e. The molecule has 0 fully saturated rings. The third kappa shape index (κ3) is 3.52. The highest BCUT2D eigenvalue weighted by atomic mass is 32.2. The van der Waals surface area contributed by atoms with Crippen molar-refractivity contribution >= 4 is 15.8 Å². The molecule has 0 aliphatic heterocycles. The van der Waals surface area contributed by atoms with Crippen molar-refractivity contribution in [2.24, 2.45) is 0 Å². The second-order valence-electron chi connectivity index (χ2n) is 4.27. The van der Waals surface area contributed by atoms with Crippen LogP contribution >= 0.6 is 0 Å². The number of carbonyl (C=O) groups excluding carboxylic acids is 1. The Morgan fingerprint density at radius 1 is 1.40 bits per heavy atom. The lowest BCUT2D eigenvalue weighted by atomic mass is 10.2. The zero-order valence-corrected chi connectivity index (χ0v) is 11.8. The van der Waals surface area contributed by atoms with Crippen LogP contribution in [0, 0.1) is 0 Å². The van der Waals surface area contributed by atoms with Crippen molar-refractivity contribution in [3.63, 3.8) is 0 Å². The number of hydrogen-bond donors (Lipinski definition) is 2. The summed E-state index contributed by atoms with van der Waals surface area (Å²) < 4.78 is 26.6. The van der Waals surface area contributed by atoms with E-state index in [4.69, 9.17) is 0 Å². The molecule has 0 aliphatic rings. The third-order valence-electron chi connectivity index (χ3n) is 2.76. The van der Waals surface area contributed by atoms with Gasteiger partial charge < -0.3 is 4.98 Å². The van der Waals surface area contributed by atoms with Crippen LogP contribution in [-0.4, -0.2) is 30.7 Å². The Morgan fingerprint density at radius 3 is 2.85 bits per heavy atom. The van der Waals surface area contributed by atoms with Crippen molar-refractivity contribution in [2.45, 2.75) is 18.2 Å². The molecule has 0 saturated carbocycles. The number of nitrogens with one attached hydrogen (secondary N) is 2. The minimum atomic E-state index is -3.61. The van der Waals surface area contributed by atoms with E-state index in [2.05, 4.69) is 14.7 Å². The average molecular weight is 293 g/mol. The highest BCUT2D eigenvalue weighted by Gasteiger charge is 2.14. The Balaban J connectivity index is 2.06. The Kier molecular flexibility index (Phi) is 4.31. The van der Waals surface area contributed by atoms with Crippen molar-refractivity contribution < 1.29 is 13.2 Å². The molecule has 7 heteroatoms. The minimum absolute atomic E-state index is 0.0876. The Labute approximate surface area is 117 Å². The van der Waals surface area contributed by atoms with Gasteiger partial charge in [0.1, 0.15) is 5.82 Å². The van der Waals surface area contributed by atoms with Gasteiger partial charge in [0.2, 0.25) is 10.0 Å². The van der Waals surface area contributed by atoms with E-state index in [1.165, 1.54) is 19.1 Å². The third-order valence-corrected chi connectivity index (χ3v) is 4.22. The molecule has 0 bridgehead atoms. The van der Waals surface area contributed by atoms with Gasteiger partial charge in [-0.3, -0.25) is 4.79 Å². The number of carbonyl (C=O) groups is 1. The molecule has 20 heavy (non-hydrogen) atoms.